The molecule has 1 rings (SSSR count). The summed E-state index contributed by atoms with van der Waals surface area (Å²) in [5.41, 5.74) is 0.602. The van der Waals surface area contributed by atoms with Crippen molar-refractivity contribution >= 4 is 17.7 Å². The molecule has 0 unspecified atom stereocenters. The van der Waals surface area contributed by atoms with Crippen molar-refractivity contribution in [1.82, 2.24) is 10.3 Å². The van der Waals surface area contributed by atoms with Crippen LogP contribution in [0.5, 0.6) is 0 Å². The van der Waals surface area contributed by atoms with Crippen molar-refractivity contribution in [3.63, 3.8) is 0 Å². The topological polar surface area (TPSA) is 82.5 Å². The Morgan fingerprint density at radius 2 is 2.29 bits per heavy atom. The number of hydrogen-bond acceptors (Lipinski definition) is 3. The maximum absolute atomic E-state index is 11.7. The zero-order chi connectivity index (χ0) is 12.8. The monoisotopic (exact) mass is 237 g/mol. The average molecular weight is 237 g/mol. The number of aliphatic carboxylic acids is 1. The first-order chi connectivity index (χ1) is 8.06. The van der Waals surface area contributed by atoms with E-state index in [0.717, 1.165) is 0 Å². The van der Waals surface area contributed by atoms with Crippen molar-refractivity contribution in [3.8, 4) is 0 Å². The molecule has 0 saturated carbocycles. The van der Waals surface area contributed by atoms with Crippen molar-refractivity contribution in [1.29, 1.82) is 0 Å². The van der Waals surface area contributed by atoms with E-state index in [4.69, 9.17) is 5.11 Å². The Kier molecular flexibility index (Phi) is 4.45. The van der Waals surface area contributed by atoms with Crippen LogP contribution in [0.3, 0.4) is 0 Å². The maximum atomic E-state index is 11.7. The van der Waals surface area contributed by atoms with E-state index in [-0.39, 0.29) is 0 Å². The van der Waals surface area contributed by atoms with Gasteiger partial charge in [-0.05, 0) is 18.6 Å². The van der Waals surface area contributed by atoms with Crippen LogP contribution in [0.2, 0.25) is 0 Å². The highest BCUT2D eigenvalue weighted by Gasteiger charge is 2.20. The minimum atomic E-state index is -1.04. The van der Waals surface area contributed by atoms with Gasteiger partial charge in [-0.1, -0.05) is 6.92 Å². The van der Waals surface area contributed by atoms with Gasteiger partial charge in [0.2, 0.25) is 0 Å². The summed E-state index contributed by atoms with van der Waals surface area (Å²) in [6, 6.07) is 2.08. The number of carboxylic acid groups (broad SMARTS) is 1. The lowest BCUT2D eigenvalue weighted by Crippen LogP contribution is -2.46. The molecule has 17 heavy (non-hydrogen) atoms. The second kappa shape index (κ2) is 5.83. The first kappa shape index (κ1) is 13.0. The van der Waals surface area contributed by atoms with Crippen LogP contribution >= 0.6 is 0 Å². The molecule has 0 bridgehead atoms. The Bertz CT molecular complexity index is 394. The summed E-state index contributed by atoms with van der Waals surface area (Å²) in [5, 5.41) is 11.3. The molecule has 6 heteroatoms. The molecule has 0 aromatic carbocycles. The number of carbonyl (C=O) groups is 2. The Hall–Kier alpha value is -2.11. The van der Waals surface area contributed by atoms with E-state index in [2.05, 4.69) is 10.3 Å². The summed E-state index contributed by atoms with van der Waals surface area (Å²) in [5.74, 6) is -1.04. The number of carbonyl (C=O) groups excluding carboxylic acids is 1. The van der Waals surface area contributed by atoms with Crippen LogP contribution < -0.4 is 10.2 Å². The van der Waals surface area contributed by atoms with Crippen molar-refractivity contribution in [3.05, 3.63) is 24.5 Å². The molecule has 6 nitrogen and oxygen atoms in total. The standard InChI is InChI=1S/C11H15N3O3/c1-3-9(10(15)16)13-11(17)14(2)8-5-4-6-12-7-8/h4-7,9H,3H2,1-2H3,(H,13,17)(H,15,16)/t9-/m0/s1. The second-order valence-electron chi connectivity index (χ2n) is 3.52. The summed E-state index contributed by atoms with van der Waals surface area (Å²) >= 11 is 0. The summed E-state index contributed by atoms with van der Waals surface area (Å²) in [4.78, 5) is 27.7. The Morgan fingerprint density at radius 3 is 2.76 bits per heavy atom. The number of nitrogens with one attached hydrogen (secondary N) is 1. The first-order valence-electron chi connectivity index (χ1n) is 5.23. The van der Waals surface area contributed by atoms with Crippen molar-refractivity contribution < 1.29 is 14.7 Å². The fourth-order valence-electron chi connectivity index (χ4n) is 1.25. The molecule has 0 saturated heterocycles. The number of nitrogens with zero attached hydrogens (tertiary/aromatic N) is 2. The zero-order valence-electron chi connectivity index (χ0n) is 9.75. The van der Waals surface area contributed by atoms with Gasteiger partial charge in [-0.2, -0.15) is 0 Å². The lowest BCUT2D eigenvalue weighted by atomic mass is 10.2. The van der Waals surface area contributed by atoms with E-state index in [1.807, 2.05) is 0 Å². The lowest BCUT2D eigenvalue weighted by Gasteiger charge is -2.20. The Morgan fingerprint density at radius 1 is 1.59 bits per heavy atom. The number of aromatic nitrogens is 1. The minimum absolute atomic E-state index is 0.335. The van der Waals surface area contributed by atoms with Gasteiger partial charge < -0.3 is 10.4 Å². The van der Waals surface area contributed by atoms with Crippen LogP contribution in [-0.4, -0.2) is 35.2 Å². The van der Waals surface area contributed by atoms with Crippen LogP contribution in [0, 0.1) is 0 Å². The van der Waals surface area contributed by atoms with Gasteiger partial charge in [0.1, 0.15) is 6.04 Å². The molecule has 1 aromatic rings. The largest absolute Gasteiger partial charge is 0.480 e. The molecule has 0 aliphatic rings. The molecule has 0 aliphatic carbocycles. The highest BCUT2D eigenvalue weighted by atomic mass is 16.4. The molecule has 0 aliphatic heterocycles. The predicted octanol–water partition coefficient (Wildman–Crippen LogP) is 1.09. The normalized spacial score (nSPS) is 11.6. The number of anilines is 1. The molecule has 0 radical (unpaired) electrons. The molecule has 0 spiro atoms. The molecule has 1 aromatic heterocycles. The number of hydrogen-bond donors (Lipinski definition) is 2. The van der Waals surface area contributed by atoms with E-state index >= 15 is 0 Å². The van der Waals surface area contributed by atoms with Gasteiger partial charge in [-0.25, -0.2) is 9.59 Å². The number of urea groups is 1. The summed E-state index contributed by atoms with van der Waals surface area (Å²) in [7, 11) is 1.56. The van der Waals surface area contributed by atoms with Gasteiger partial charge in [0, 0.05) is 13.2 Å². The molecule has 2 amide bonds. The second-order valence-corrected chi connectivity index (χ2v) is 3.52. The predicted molar refractivity (Wildman–Crippen MR) is 62.9 cm³/mol. The quantitative estimate of drug-likeness (QED) is 0.821. The van der Waals surface area contributed by atoms with Crippen LogP contribution in [-0.2, 0) is 4.79 Å². The van der Waals surface area contributed by atoms with E-state index in [9.17, 15) is 9.59 Å². The summed E-state index contributed by atoms with van der Waals surface area (Å²) < 4.78 is 0. The molecular formula is C11H15N3O3. The van der Waals surface area contributed by atoms with Gasteiger partial charge in [0.15, 0.2) is 0 Å². The molecule has 0 fully saturated rings. The Labute approximate surface area is 99.3 Å². The van der Waals surface area contributed by atoms with Gasteiger partial charge in [0.05, 0.1) is 11.9 Å². The number of pyridine rings is 1. The van der Waals surface area contributed by atoms with Crippen LogP contribution in [0.1, 0.15) is 13.3 Å². The summed E-state index contributed by atoms with van der Waals surface area (Å²) in [6.07, 6.45) is 3.46. The zero-order valence-corrected chi connectivity index (χ0v) is 9.75. The van der Waals surface area contributed by atoms with Crippen molar-refractivity contribution in [2.45, 2.75) is 19.4 Å². The molecule has 1 atom stereocenters. The van der Waals surface area contributed by atoms with Gasteiger partial charge >= 0.3 is 12.0 Å². The SMILES string of the molecule is CC[C@H](NC(=O)N(C)c1cccnc1)C(=O)O. The molecule has 92 valence electrons. The lowest BCUT2D eigenvalue weighted by molar-refractivity contribution is -0.139. The third kappa shape index (κ3) is 3.44. The van der Waals surface area contributed by atoms with Gasteiger partial charge in [-0.3, -0.25) is 9.88 Å². The third-order valence-electron chi connectivity index (χ3n) is 2.34. The highest BCUT2D eigenvalue weighted by Crippen LogP contribution is 2.09. The van der Waals surface area contributed by atoms with Crippen molar-refractivity contribution in [2.75, 3.05) is 11.9 Å². The van der Waals surface area contributed by atoms with Crippen LogP contribution in [0.4, 0.5) is 10.5 Å². The molecular weight excluding hydrogens is 222 g/mol. The minimum Gasteiger partial charge on any atom is -0.480 e. The number of carboxylic acids is 1. The third-order valence-corrected chi connectivity index (χ3v) is 2.34. The maximum Gasteiger partial charge on any atom is 0.326 e. The van der Waals surface area contributed by atoms with Crippen molar-refractivity contribution in [2.24, 2.45) is 0 Å². The van der Waals surface area contributed by atoms with Crippen LogP contribution in [0.15, 0.2) is 24.5 Å². The Balaban J connectivity index is 2.68. The van der Waals surface area contributed by atoms with E-state index < -0.39 is 18.0 Å². The van der Waals surface area contributed by atoms with E-state index in [1.54, 1.807) is 32.3 Å². The van der Waals surface area contributed by atoms with Gasteiger partial charge in [0.25, 0.3) is 0 Å². The number of amides is 2. The van der Waals surface area contributed by atoms with E-state index in [0.29, 0.717) is 12.1 Å². The fourth-order valence-corrected chi connectivity index (χ4v) is 1.25. The molecule has 1 heterocycles. The van der Waals surface area contributed by atoms with Crippen LogP contribution in [0.25, 0.3) is 0 Å². The summed E-state index contributed by atoms with van der Waals surface area (Å²) in [6.45, 7) is 1.70. The molecule has 2 N–H and O–H groups in total. The van der Waals surface area contributed by atoms with Gasteiger partial charge in [-0.15, -0.1) is 0 Å². The average Bonchev–Trinajstić information content (AvgIpc) is 2.35. The first-order valence-corrected chi connectivity index (χ1v) is 5.23. The highest BCUT2D eigenvalue weighted by molar-refractivity contribution is 5.93. The van der Waals surface area contributed by atoms with E-state index in [1.165, 1.54) is 11.1 Å². The smallest absolute Gasteiger partial charge is 0.326 e. The fraction of sp³-hybridized carbons (Fsp3) is 0.364. The number of rotatable bonds is 4.